The van der Waals surface area contributed by atoms with Crippen molar-refractivity contribution in [2.24, 2.45) is 0 Å². The van der Waals surface area contributed by atoms with Crippen LogP contribution in [0.2, 0.25) is 0 Å². The van der Waals surface area contributed by atoms with E-state index in [1.165, 1.54) is 27.2 Å². The van der Waals surface area contributed by atoms with Gasteiger partial charge >= 0.3 is 0 Å². The van der Waals surface area contributed by atoms with Crippen LogP contribution in [-0.2, 0) is 13.0 Å². The van der Waals surface area contributed by atoms with E-state index in [2.05, 4.69) is 96.3 Å². The molecule has 1 N–H and O–H groups in total. The standard InChI is InChI=1S/C25H23N3OS/c1-18-3-5-19(6-4-18)15-23(22-11-14-30-17-22)25-26-24(27-29-25)21-9-7-20(8-10-21)16-28-12-2-13-28/h2-14,17,23,28H,15-16H2,1H3. The zero-order valence-electron chi connectivity index (χ0n) is 16.8. The van der Waals surface area contributed by atoms with Gasteiger partial charge in [0, 0.05) is 11.1 Å². The second kappa shape index (κ2) is 8.30. The van der Waals surface area contributed by atoms with Gasteiger partial charge in [0.1, 0.15) is 0 Å². The number of aryl methyl sites for hydroxylation is 1. The largest absolute Gasteiger partial charge is 0.421 e. The molecule has 0 saturated carbocycles. The van der Waals surface area contributed by atoms with E-state index in [9.17, 15) is 0 Å². The number of nitrogens with one attached hydrogen (secondary N) is 1. The van der Waals surface area contributed by atoms with Gasteiger partial charge < -0.3 is 9.42 Å². The van der Waals surface area contributed by atoms with Crippen molar-refractivity contribution in [2.75, 3.05) is 0 Å². The highest BCUT2D eigenvalue weighted by atomic mass is 32.1. The monoisotopic (exact) mass is 413 g/mol. The van der Waals surface area contributed by atoms with Gasteiger partial charge in [-0.2, -0.15) is 16.3 Å². The number of hydrogen-bond donors (Lipinski definition) is 1. The highest BCUT2D eigenvalue weighted by molar-refractivity contribution is 7.08. The molecule has 0 spiro atoms. The Balaban J connectivity index is 1.38. The van der Waals surface area contributed by atoms with E-state index >= 15 is 0 Å². The molecule has 1 aliphatic rings. The molecule has 3 heterocycles. The summed E-state index contributed by atoms with van der Waals surface area (Å²) >= 11 is 1.69. The van der Waals surface area contributed by atoms with Crippen molar-refractivity contribution in [3.8, 4) is 11.4 Å². The fourth-order valence-corrected chi connectivity index (χ4v) is 4.35. The van der Waals surface area contributed by atoms with Crippen molar-refractivity contribution in [2.45, 2.75) is 25.8 Å². The molecule has 2 aromatic carbocycles. The van der Waals surface area contributed by atoms with E-state index in [4.69, 9.17) is 9.51 Å². The Morgan fingerprint density at radius 1 is 1.03 bits per heavy atom. The smallest absolute Gasteiger partial charge is 0.234 e. The van der Waals surface area contributed by atoms with Crippen LogP contribution in [-0.4, -0.2) is 10.1 Å². The van der Waals surface area contributed by atoms with E-state index in [0.717, 1.165) is 18.5 Å². The maximum atomic E-state index is 5.75. The number of nitrogens with zero attached hydrogens (tertiary/aromatic N) is 2. The van der Waals surface area contributed by atoms with Crippen molar-refractivity contribution in [3.63, 3.8) is 0 Å². The summed E-state index contributed by atoms with van der Waals surface area (Å²) in [4.78, 5) is 6.13. The van der Waals surface area contributed by atoms with Crippen molar-refractivity contribution in [3.05, 3.63) is 112 Å². The Bertz CT molecular complexity index is 1130. The molecule has 0 saturated heterocycles. The molecule has 1 aliphatic heterocycles. The number of thiophene rings is 1. The van der Waals surface area contributed by atoms with Crippen LogP contribution < -0.4 is 4.90 Å². The van der Waals surface area contributed by atoms with E-state index < -0.39 is 0 Å². The average molecular weight is 414 g/mol. The van der Waals surface area contributed by atoms with Crippen LogP contribution in [0.15, 0.2) is 82.2 Å². The van der Waals surface area contributed by atoms with Gasteiger partial charge in [0.05, 0.1) is 12.5 Å². The Labute approximate surface area is 180 Å². The number of hydrogen-bond acceptors (Lipinski definition) is 4. The first kappa shape index (κ1) is 18.9. The summed E-state index contributed by atoms with van der Waals surface area (Å²) in [6.45, 7) is 5.22. The van der Waals surface area contributed by atoms with Crippen LogP contribution in [0.1, 0.15) is 34.1 Å². The zero-order chi connectivity index (χ0) is 20.3. The summed E-state index contributed by atoms with van der Waals surface area (Å²) in [5, 5.41) is 8.55. The molecule has 4 aromatic rings. The SMILES string of the molecule is Cc1ccc(CC(c2ccsc2)c2nc(-c3ccc(C[NH+]4C=C[CH-]4)cc3)no2)cc1. The fraction of sp³-hybridized carbons (Fsp3) is 0.160. The lowest BCUT2D eigenvalue weighted by atomic mass is 9.93. The van der Waals surface area contributed by atoms with Crippen LogP contribution in [0.4, 0.5) is 0 Å². The molecule has 150 valence electrons. The number of rotatable bonds is 7. The Kier molecular flexibility index (Phi) is 5.22. The second-order valence-corrected chi connectivity index (χ2v) is 8.51. The molecule has 0 fully saturated rings. The minimum Gasteiger partial charge on any atom is -0.421 e. The lowest BCUT2D eigenvalue weighted by molar-refractivity contribution is -0.840. The first-order valence-corrected chi connectivity index (χ1v) is 11.1. The first-order chi connectivity index (χ1) is 14.7. The summed E-state index contributed by atoms with van der Waals surface area (Å²) in [7, 11) is 0. The molecular formula is C25H23N3OS. The molecule has 0 bridgehead atoms. The first-order valence-electron chi connectivity index (χ1n) is 10.1. The van der Waals surface area contributed by atoms with Gasteiger partial charge in [-0.3, -0.25) is 0 Å². The Hall–Kier alpha value is -3.15. The fourth-order valence-electron chi connectivity index (χ4n) is 3.63. The lowest BCUT2D eigenvalue weighted by Crippen LogP contribution is -3.06. The summed E-state index contributed by atoms with van der Waals surface area (Å²) in [6, 6.07) is 19.2. The predicted molar refractivity (Wildman–Crippen MR) is 119 cm³/mol. The third-order valence-electron chi connectivity index (χ3n) is 5.49. The van der Waals surface area contributed by atoms with Crippen LogP contribution >= 0.6 is 11.3 Å². The topological polar surface area (TPSA) is 43.4 Å². The molecule has 5 rings (SSSR count). The van der Waals surface area contributed by atoms with Crippen LogP contribution in [0.25, 0.3) is 11.4 Å². The summed E-state index contributed by atoms with van der Waals surface area (Å²) in [5.41, 5.74) is 6.01. The molecule has 0 radical (unpaired) electrons. The highest BCUT2D eigenvalue weighted by Gasteiger charge is 2.23. The normalized spacial score (nSPS) is 16.1. The highest BCUT2D eigenvalue weighted by Crippen LogP contribution is 2.30. The summed E-state index contributed by atoms with van der Waals surface area (Å²) in [6.07, 6.45) is 5.06. The molecule has 30 heavy (non-hydrogen) atoms. The van der Waals surface area contributed by atoms with E-state index in [1.54, 1.807) is 11.3 Å². The number of quaternary nitrogens is 1. The van der Waals surface area contributed by atoms with Crippen LogP contribution in [0, 0.1) is 13.5 Å². The maximum absolute atomic E-state index is 5.75. The summed E-state index contributed by atoms with van der Waals surface area (Å²) in [5.74, 6) is 1.36. The van der Waals surface area contributed by atoms with Gasteiger partial charge in [-0.1, -0.05) is 72.0 Å². The Morgan fingerprint density at radius 3 is 2.47 bits per heavy atom. The van der Waals surface area contributed by atoms with Gasteiger partial charge in [0.2, 0.25) is 11.7 Å². The molecule has 5 heteroatoms. The van der Waals surface area contributed by atoms with E-state index in [1.807, 2.05) is 0 Å². The zero-order valence-corrected chi connectivity index (χ0v) is 17.6. The third-order valence-corrected chi connectivity index (χ3v) is 6.19. The summed E-state index contributed by atoms with van der Waals surface area (Å²) < 4.78 is 5.75. The average Bonchev–Trinajstić information content (AvgIpc) is 3.43. The minimum absolute atomic E-state index is 0.0526. The lowest BCUT2D eigenvalue weighted by Gasteiger charge is -2.29. The van der Waals surface area contributed by atoms with Crippen molar-refractivity contribution in [1.82, 2.24) is 10.1 Å². The van der Waals surface area contributed by atoms with E-state index in [-0.39, 0.29) is 5.92 Å². The number of aromatic nitrogens is 2. The van der Waals surface area contributed by atoms with Gasteiger partial charge in [-0.25, -0.2) is 0 Å². The minimum atomic E-state index is 0.0526. The maximum Gasteiger partial charge on any atom is 0.234 e. The van der Waals surface area contributed by atoms with Crippen molar-refractivity contribution >= 4 is 11.3 Å². The van der Waals surface area contributed by atoms with Crippen LogP contribution in [0.5, 0.6) is 0 Å². The van der Waals surface area contributed by atoms with Gasteiger partial charge in [0.25, 0.3) is 0 Å². The Morgan fingerprint density at radius 2 is 1.80 bits per heavy atom. The molecule has 0 amide bonds. The van der Waals surface area contributed by atoms with Crippen molar-refractivity contribution in [1.29, 1.82) is 0 Å². The van der Waals surface area contributed by atoms with Crippen molar-refractivity contribution < 1.29 is 9.42 Å². The van der Waals surface area contributed by atoms with E-state index in [0.29, 0.717) is 11.7 Å². The number of benzene rings is 2. The molecule has 2 aromatic heterocycles. The quantitative estimate of drug-likeness (QED) is 0.452. The molecule has 4 nitrogen and oxygen atoms in total. The molecule has 2 unspecified atom stereocenters. The second-order valence-electron chi connectivity index (χ2n) is 7.73. The molecular weight excluding hydrogens is 390 g/mol. The van der Waals surface area contributed by atoms with Gasteiger partial charge in [-0.15, -0.1) is 6.08 Å². The third kappa shape index (κ3) is 4.08. The van der Waals surface area contributed by atoms with Gasteiger partial charge in [0.15, 0.2) is 0 Å². The van der Waals surface area contributed by atoms with Gasteiger partial charge in [-0.05, 0) is 41.3 Å². The predicted octanol–water partition coefficient (Wildman–Crippen LogP) is 4.56. The van der Waals surface area contributed by atoms with Crippen LogP contribution in [0.3, 0.4) is 0 Å². The molecule has 0 aliphatic carbocycles. The molecule has 2 atom stereocenters.